The quantitative estimate of drug-likeness (QED) is 0.246. The van der Waals surface area contributed by atoms with Crippen LogP contribution in [0.25, 0.3) is 11.4 Å². The maximum Gasteiger partial charge on any atom is 0.250 e. The van der Waals surface area contributed by atoms with E-state index in [2.05, 4.69) is 20.7 Å². The third kappa shape index (κ3) is 5.61. The fraction of sp³-hybridized carbons (Fsp3) is 0.0833. The molecular weight excluding hydrogens is 422 g/mol. The number of benzene rings is 3. The van der Waals surface area contributed by atoms with Crippen LogP contribution in [-0.2, 0) is 11.8 Å². The minimum Gasteiger partial charge on any atom is -0.457 e. The SMILES string of the molecule is Cn1c(SCC(=O)N/N=C\c2cccc(Oc3ccccc3)c2)nnc1-c1ccccc1. The molecule has 4 rings (SSSR count). The summed E-state index contributed by atoms with van der Waals surface area (Å²) in [6.07, 6.45) is 1.58. The lowest BCUT2D eigenvalue weighted by atomic mass is 10.2. The Morgan fingerprint density at radius 3 is 2.50 bits per heavy atom. The lowest BCUT2D eigenvalue weighted by molar-refractivity contribution is -0.118. The number of hydrogen-bond acceptors (Lipinski definition) is 6. The highest BCUT2D eigenvalue weighted by atomic mass is 32.2. The molecule has 0 bridgehead atoms. The molecule has 1 N–H and O–H groups in total. The number of carbonyl (C=O) groups is 1. The predicted molar refractivity (Wildman–Crippen MR) is 126 cm³/mol. The van der Waals surface area contributed by atoms with Crippen molar-refractivity contribution in [3.8, 4) is 22.9 Å². The zero-order valence-electron chi connectivity index (χ0n) is 17.4. The fourth-order valence-electron chi connectivity index (χ4n) is 2.90. The Hall–Kier alpha value is -3.91. The standard InChI is InChI=1S/C24H21N5O2S/c1-29-23(19-10-4-2-5-11-19)27-28-24(29)32-17-22(30)26-25-16-18-9-8-14-21(15-18)31-20-12-6-3-7-13-20/h2-16H,17H2,1H3,(H,26,30)/b25-16-. The van der Waals surface area contributed by atoms with E-state index in [1.165, 1.54) is 11.8 Å². The Labute approximate surface area is 190 Å². The molecule has 0 aliphatic heterocycles. The van der Waals surface area contributed by atoms with E-state index >= 15 is 0 Å². The maximum absolute atomic E-state index is 12.2. The highest BCUT2D eigenvalue weighted by molar-refractivity contribution is 7.99. The van der Waals surface area contributed by atoms with Gasteiger partial charge in [0.1, 0.15) is 11.5 Å². The number of carbonyl (C=O) groups excluding carboxylic acids is 1. The zero-order valence-corrected chi connectivity index (χ0v) is 18.2. The van der Waals surface area contributed by atoms with Crippen molar-refractivity contribution in [1.29, 1.82) is 0 Å². The number of ether oxygens (including phenoxy) is 1. The van der Waals surface area contributed by atoms with Crippen LogP contribution in [0.1, 0.15) is 5.56 Å². The minimum atomic E-state index is -0.229. The van der Waals surface area contributed by atoms with Crippen molar-refractivity contribution in [2.75, 3.05) is 5.75 Å². The van der Waals surface area contributed by atoms with Crippen molar-refractivity contribution in [2.24, 2.45) is 12.1 Å². The van der Waals surface area contributed by atoms with Gasteiger partial charge in [-0.3, -0.25) is 4.79 Å². The second-order valence-electron chi connectivity index (χ2n) is 6.80. The highest BCUT2D eigenvalue weighted by Crippen LogP contribution is 2.23. The first kappa shape index (κ1) is 21.3. The first-order valence-electron chi connectivity index (χ1n) is 9.91. The van der Waals surface area contributed by atoms with Gasteiger partial charge < -0.3 is 9.30 Å². The van der Waals surface area contributed by atoms with Crippen LogP contribution in [0.15, 0.2) is 95.2 Å². The molecule has 0 radical (unpaired) electrons. The molecule has 3 aromatic carbocycles. The van der Waals surface area contributed by atoms with Crippen LogP contribution in [0.4, 0.5) is 0 Å². The summed E-state index contributed by atoms with van der Waals surface area (Å²) in [4.78, 5) is 12.2. The monoisotopic (exact) mass is 443 g/mol. The van der Waals surface area contributed by atoms with Crippen LogP contribution >= 0.6 is 11.8 Å². The molecule has 0 saturated carbocycles. The highest BCUT2D eigenvalue weighted by Gasteiger charge is 2.12. The van der Waals surface area contributed by atoms with Gasteiger partial charge in [0, 0.05) is 12.6 Å². The summed E-state index contributed by atoms with van der Waals surface area (Å²) in [5.41, 5.74) is 4.33. The van der Waals surface area contributed by atoms with Crippen molar-refractivity contribution in [3.05, 3.63) is 90.5 Å². The first-order valence-corrected chi connectivity index (χ1v) is 10.9. The zero-order chi connectivity index (χ0) is 22.2. The second-order valence-corrected chi connectivity index (χ2v) is 7.74. The third-order valence-corrected chi connectivity index (χ3v) is 5.46. The molecule has 1 amide bonds. The number of thioether (sulfide) groups is 1. The van der Waals surface area contributed by atoms with Crippen molar-refractivity contribution < 1.29 is 9.53 Å². The van der Waals surface area contributed by atoms with Gasteiger partial charge in [-0.15, -0.1) is 10.2 Å². The molecule has 0 fully saturated rings. The maximum atomic E-state index is 12.2. The summed E-state index contributed by atoms with van der Waals surface area (Å²) in [6, 6.07) is 26.8. The molecule has 0 atom stereocenters. The van der Waals surface area contributed by atoms with Crippen molar-refractivity contribution in [2.45, 2.75) is 5.16 Å². The molecule has 1 heterocycles. The molecule has 8 heteroatoms. The lowest BCUT2D eigenvalue weighted by Gasteiger charge is -2.05. The Morgan fingerprint density at radius 1 is 1.00 bits per heavy atom. The molecule has 160 valence electrons. The van der Waals surface area contributed by atoms with E-state index < -0.39 is 0 Å². The number of nitrogens with one attached hydrogen (secondary N) is 1. The molecule has 0 aliphatic carbocycles. The molecular formula is C24H21N5O2S. The summed E-state index contributed by atoms with van der Waals surface area (Å²) < 4.78 is 7.68. The normalized spacial score (nSPS) is 10.9. The molecule has 4 aromatic rings. The van der Waals surface area contributed by atoms with Gasteiger partial charge in [-0.05, 0) is 29.8 Å². The van der Waals surface area contributed by atoms with E-state index in [4.69, 9.17) is 4.74 Å². The van der Waals surface area contributed by atoms with Gasteiger partial charge in [0.25, 0.3) is 5.91 Å². The van der Waals surface area contributed by atoms with Crippen LogP contribution in [0.3, 0.4) is 0 Å². The number of rotatable bonds is 8. The Morgan fingerprint density at radius 2 is 1.72 bits per heavy atom. The summed E-state index contributed by atoms with van der Waals surface area (Å²) in [5.74, 6) is 2.15. The van der Waals surface area contributed by atoms with E-state index in [-0.39, 0.29) is 11.7 Å². The molecule has 0 spiro atoms. The second kappa shape index (κ2) is 10.4. The van der Waals surface area contributed by atoms with E-state index in [9.17, 15) is 4.79 Å². The van der Waals surface area contributed by atoms with Gasteiger partial charge in [-0.2, -0.15) is 5.10 Å². The van der Waals surface area contributed by atoms with Crippen LogP contribution in [0, 0.1) is 0 Å². The average molecular weight is 444 g/mol. The van der Waals surface area contributed by atoms with E-state index in [1.807, 2.05) is 96.5 Å². The third-order valence-electron chi connectivity index (χ3n) is 4.44. The Bertz CT molecular complexity index is 1210. The van der Waals surface area contributed by atoms with Crippen molar-refractivity contribution in [1.82, 2.24) is 20.2 Å². The number of aromatic nitrogens is 3. The number of hydrazone groups is 1. The molecule has 0 unspecified atom stereocenters. The van der Waals surface area contributed by atoms with Crippen LogP contribution in [-0.4, -0.2) is 32.6 Å². The molecule has 7 nitrogen and oxygen atoms in total. The fourth-order valence-corrected chi connectivity index (χ4v) is 3.61. The van der Waals surface area contributed by atoms with Crippen LogP contribution < -0.4 is 10.2 Å². The molecule has 1 aromatic heterocycles. The van der Waals surface area contributed by atoms with E-state index in [0.29, 0.717) is 10.9 Å². The average Bonchev–Trinajstić information content (AvgIpc) is 3.19. The Kier molecular flexibility index (Phi) is 6.94. The number of para-hydroxylation sites is 1. The van der Waals surface area contributed by atoms with Crippen LogP contribution in [0.5, 0.6) is 11.5 Å². The van der Waals surface area contributed by atoms with Gasteiger partial charge in [-0.1, -0.05) is 72.4 Å². The van der Waals surface area contributed by atoms with Crippen molar-refractivity contribution in [3.63, 3.8) is 0 Å². The first-order chi connectivity index (χ1) is 15.7. The molecule has 0 saturated heterocycles. The van der Waals surface area contributed by atoms with Gasteiger partial charge in [0.15, 0.2) is 11.0 Å². The van der Waals surface area contributed by atoms with Gasteiger partial charge in [0.2, 0.25) is 0 Å². The summed E-state index contributed by atoms with van der Waals surface area (Å²) in [5, 5.41) is 13.1. The van der Waals surface area contributed by atoms with E-state index in [0.717, 1.165) is 22.7 Å². The van der Waals surface area contributed by atoms with E-state index in [1.54, 1.807) is 6.21 Å². The molecule has 0 aliphatic rings. The van der Waals surface area contributed by atoms with Crippen molar-refractivity contribution >= 4 is 23.9 Å². The Balaban J connectivity index is 1.29. The molecule has 32 heavy (non-hydrogen) atoms. The van der Waals surface area contributed by atoms with Crippen LogP contribution in [0.2, 0.25) is 0 Å². The minimum absolute atomic E-state index is 0.176. The number of amides is 1. The summed E-state index contributed by atoms with van der Waals surface area (Å²) in [6.45, 7) is 0. The number of hydrogen-bond donors (Lipinski definition) is 1. The van der Waals surface area contributed by atoms with Gasteiger partial charge in [-0.25, -0.2) is 5.43 Å². The summed E-state index contributed by atoms with van der Waals surface area (Å²) >= 11 is 1.30. The van der Waals surface area contributed by atoms with Gasteiger partial charge >= 0.3 is 0 Å². The predicted octanol–water partition coefficient (Wildman–Crippen LogP) is 4.52. The topological polar surface area (TPSA) is 81.4 Å². The lowest BCUT2D eigenvalue weighted by Crippen LogP contribution is -2.19. The number of nitrogens with zero attached hydrogens (tertiary/aromatic N) is 4. The van der Waals surface area contributed by atoms with Gasteiger partial charge in [0.05, 0.1) is 12.0 Å². The summed E-state index contributed by atoms with van der Waals surface area (Å²) in [7, 11) is 1.88. The largest absolute Gasteiger partial charge is 0.457 e. The smallest absolute Gasteiger partial charge is 0.250 e.